The summed E-state index contributed by atoms with van der Waals surface area (Å²) < 4.78 is 0. The molecule has 0 atom stereocenters. The molecule has 2 fully saturated rings. The monoisotopic (exact) mass is 535 g/mol. The predicted molar refractivity (Wildman–Crippen MR) is 170 cm³/mol. The van der Waals surface area contributed by atoms with E-state index in [0.717, 1.165) is 48.8 Å². The second-order valence-electron chi connectivity index (χ2n) is 9.19. The highest BCUT2D eigenvalue weighted by molar-refractivity contribution is 6.10. The van der Waals surface area contributed by atoms with E-state index in [1.54, 1.807) is 18.3 Å². The van der Waals surface area contributed by atoms with Gasteiger partial charge in [0.15, 0.2) is 5.82 Å². The average molecular weight is 536 g/mol. The van der Waals surface area contributed by atoms with E-state index in [1.165, 1.54) is 25.7 Å². The summed E-state index contributed by atoms with van der Waals surface area (Å²) in [5.41, 5.74) is 3.62. The Morgan fingerprint density at radius 1 is 1.08 bits per heavy atom. The van der Waals surface area contributed by atoms with Crippen LogP contribution in [0.25, 0.3) is 11.1 Å². The van der Waals surface area contributed by atoms with Gasteiger partial charge in [0.25, 0.3) is 0 Å². The lowest BCUT2D eigenvalue weighted by molar-refractivity contribution is 0.355. The van der Waals surface area contributed by atoms with Crippen LogP contribution in [-0.4, -0.2) is 73.5 Å². The number of allylic oxidation sites excluding steroid dienone is 1. The number of pyridine rings is 1. The summed E-state index contributed by atoms with van der Waals surface area (Å²) in [5.74, 6) is 1.51. The highest BCUT2D eigenvalue weighted by Crippen LogP contribution is 2.32. The van der Waals surface area contributed by atoms with Gasteiger partial charge in [0.2, 0.25) is 0 Å². The molecule has 1 aliphatic heterocycles. The number of hydrogen-bond donors (Lipinski definition) is 2. The first-order chi connectivity index (χ1) is 18.9. The largest absolute Gasteiger partial charge is 0.507 e. The first-order valence-electron chi connectivity index (χ1n) is 14.0. The molecule has 1 aromatic heterocycles. The van der Waals surface area contributed by atoms with Crippen LogP contribution in [0.3, 0.4) is 0 Å². The lowest BCUT2D eigenvalue weighted by Gasteiger charge is -2.28. The number of benzene rings is 1. The van der Waals surface area contributed by atoms with Gasteiger partial charge >= 0.3 is 0 Å². The van der Waals surface area contributed by atoms with E-state index in [4.69, 9.17) is 0 Å². The highest BCUT2D eigenvalue weighted by Gasteiger charge is 2.13. The van der Waals surface area contributed by atoms with Crippen LogP contribution in [0.2, 0.25) is 0 Å². The zero-order valence-corrected chi connectivity index (χ0v) is 25.2. The topological polar surface area (TPSA) is 88.7 Å². The van der Waals surface area contributed by atoms with E-state index >= 15 is 0 Å². The van der Waals surface area contributed by atoms with Gasteiger partial charge < -0.3 is 20.2 Å². The third-order valence-corrected chi connectivity index (χ3v) is 5.51. The number of aromatic nitrogens is 1. The van der Waals surface area contributed by atoms with E-state index in [1.807, 2.05) is 58.0 Å². The van der Waals surface area contributed by atoms with Gasteiger partial charge in [0, 0.05) is 57.6 Å². The summed E-state index contributed by atoms with van der Waals surface area (Å²) >= 11 is 0. The van der Waals surface area contributed by atoms with Crippen LogP contribution in [-0.2, 0) is 0 Å². The van der Waals surface area contributed by atoms with Gasteiger partial charge in [-0.25, -0.2) is 9.98 Å². The Kier molecular flexibility index (Phi) is 16.1. The van der Waals surface area contributed by atoms with E-state index in [9.17, 15) is 5.11 Å². The zero-order chi connectivity index (χ0) is 29.2. The molecule has 2 aromatic rings. The fourth-order valence-electron chi connectivity index (χ4n) is 3.37. The van der Waals surface area contributed by atoms with Gasteiger partial charge in [-0.3, -0.25) is 0 Å². The molecule has 8 heteroatoms. The molecule has 0 amide bonds. The molecule has 39 heavy (non-hydrogen) atoms. The number of rotatable bonds is 6. The molecule has 1 saturated heterocycles. The van der Waals surface area contributed by atoms with Crippen molar-refractivity contribution in [2.24, 2.45) is 15.2 Å². The summed E-state index contributed by atoms with van der Waals surface area (Å²) in [6.45, 7) is 21.3. The third-order valence-electron chi connectivity index (χ3n) is 5.51. The van der Waals surface area contributed by atoms with E-state index < -0.39 is 0 Å². The molecule has 1 aliphatic carbocycles. The number of phenolic OH excluding ortho intramolecular Hbond substituents is 1. The van der Waals surface area contributed by atoms with Gasteiger partial charge in [0.05, 0.1) is 11.4 Å². The Bertz CT molecular complexity index is 1080. The molecule has 4 rings (SSSR count). The molecule has 0 spiro atoms. The molecule has 214 valence electrons. The van der Waals surface area contributed by atoms with Gasteiger partial charge in [0.1, 0.15) is 11.6 Å². The number of aromatic hydroxyl groups is 1. The van der Waals surface area contributed by atoms with Gasteiger partial charge in [-0.15, -0.1) is 10.2 Å². The summed E-state index contributed by atoms with van der Waals surface area (Å²) in [7, 11) is 3.84. The minimum Gasteiger partial charge on any atom is -0.507 e. The average Bonchev–Trinajstić information content (AvgIpc) is 3.85. The number of phenols is 1. The second-order valence-corrected chi connectivity index (χ2v) is 9.19. The molecule has 2 aliphatic rings. The lowest BCUT2D eigenvalue weighted by Crippen LogP contribution is -2.45. The third kappa shape index (κ3) is 11.4. The van der Waals surface area contributed by atoms with Crippen molar-refractivity contribution in [3.8, 4) is 16.9 Å². The van der Waals surface area contributed by atoms with E-state index in [2.05, 4.69) is 57.5 Å². The van der Waals surface area contributed by atoms with Crippen molar-refractivity contribution in [3.05, 3.63) is 48.7 Å². The SMILES string of the molecule is C1CC1.C=C/C(=N\N=C(/C)N1CCNCC1)c1ccc(-c2cnc(N=C)c(N(C)C)c2)cc1O.CC.CCC. The van der Waals surface area contributed by atoms with Crippen molar-refractivity contribution in [3.63, 3.8) is 0 Å². The molecule has 2 N–H and O–H groups in total. The van der Waals surface area contributed by atoms with Crippen molar-refractivity contribution in [1.29, 1.82) is 0 Å². The Labute approximate surface area is 236 Å². The maximum atomic E-state index is 10.7. The molecular weight excluding hydrogens is 486 g/mol. The fraction of sp³-hybridized carbons (Fsp3) is 0.484. The summed E-state index contributed by atoms with van der Waals surface area (Å²) in [6, 6.07) is 7.39. The maximum absolute atomic E-state index is 10.7. The van der Waals surface area contributed by atoms with Gasteiger partial charge in [-0.05, 0) is 43.5 Å². The van der Waals surface area contributed by atoms with E-state index in [0.29, 0.717) is 17.1 Å². The Balaban J connectivity index is 0.000000837. The lowest BCUT2D eigenvalue weighted by atomic mass is 10.0. The van der Waals surface area contributed by atoms with Crippen molar-refractivity contribution in [2.75, 3.05) is 45.2 Å². The first kappa shape index (κ1) is 33.5. The Morgan fingerprint density at radius 2 is 1.69 bits per heavy atom. The highest BCUT2D eigenvalue weighted by atomic mass is 16.3. The van der Waals surface area contributed by atoms with Crippen LogP contribution in [0.5, 0.6) is 5.75 Å². The second kappa shape index (κ2) is 18.7. The zero-order valence-electron chi connectivity index (χ0n) is 25.2. The van der Waals surface area contributed by atoms with Crippen LogP contribution in [0, 0.1) is 0 Å². The molecule has 1 saturated carbocycles. The van der Waals surface area contributed by atoms with Gasteiger partial charge in [-0.1, -0.05) is 66.0 Å². The smallest absolute Gasteiger partial charge is 0.175 e. The Morgan fingerprint density at radius 3 is 2.18 bits per heavy atom. The first-order valence-corrected chi connectivity index (χ1v) is 14.0. The number of nitrogens with zero attached hydrogens (tertiary/aromatic N) is 6. The standard InChI is InChI=1S/C23H29N7O.C3H6.C3H8.C2H6/c1-6-20(28-27-16(2)30-11-9-25-10-12-30)19-8-7-17(14-22(19)31)18-13-21(29(4)5)23(24-3)26-15-18;1-2-3-1;1-3-2;1-2/h6-8,13-15,25,31H,1,3,9-12H2,2,4-5H3;1-3H2;3H2,1-2H3;1-2H3/b27-16+,28-20+;;;. The van der Waals surface area contributed by atoms with Crippen molar-refractivity contribution >= 4 is 29.8 Å². The Hall–Kier alpha value is -3.52. The predicted octanol–water partition coefficient (Wildman–Crippen LogP) is 6.68. The maximum Gasteiger partial charge on any atom is 0.175 e. The number of anilines is 1. The summed E-state index contributed by atoms with van der Waals surface area (Å²) in [6.07, 6.45) is 9.06. The van der Waals surface area contributed by atoms with Crippen molar-refractivity contribution < 1.29 is 5.11 Å². The number of hydrogen-bond acceptors (Lipinski definition) is 7. The molecule has 0 unspecified atom stereocenters. The minimum absolute atomic E-state index is 0.100. The molecule has 0 radical (unpaired) electrons. The normalized spacial score (nSPS) is 14.4. The number of nitrogens with one attached hydrogen (secondary N) is 1. The van der Waals surface area contributed by atoms with E-state index in [-0.39, 0.29) is 5.75 Å². The fourth-order valence-corrected chi connectivity index (χ4v) is 3.37. The molecule has 0 bridgehead atoms. The van der Waals surface area contributed by atoms with Crippen molar-refractivity contribution in [1.82, 2.24) is 15.2 Å². The van der Waals surface area contributed by atoms with Crippen LogP contribution in [0.4, 0.5) is 11.5 Å². The summed E-state index contributed by atoms with van der Waals surface area (Å²) in [4.78, 5) is 12.4. The number of aliphatic imine (C=N–C) groups is 1. The minimum atomic E-state index is 0.100. The molecule has 1 aromatic carbocycles. The number of piperazine rings is 1. The molecule has 2 heterocycles. The van der Waals surface area contributed by atoms with Gasteiger partial charge in [-0.2, -0.15) is 0 Å². The van der Waals surface area contributed by atoms with Crippen LogP contribution in [0.15, 0.2) is 58.3 Å². The molecule has 8 nitrogen and oxygen atoms in total. The summed E-state index contributed by atoms with van der Waals surface area (Å²) in [5, 5.41) is 22.7. The molecular formula is C31H49N7O. The quantitative estimate of drug-likeness (QED) is 0.245. The van der Waals surface area contributed by atoms with Crippen LogP contribution >= 0.6 is 0 Å². The van der Waals surface area contributed by atoms with Crippen molar-refractivity contribution in [2.45, 2.75) is 60.3 Å². The number of amidine groups is 1. The van der Waals surface area contributed by atoms with Crippen LogP contribution in [0.1, 0.15) is 65.9 Å². The van der Waals surface area contributed by atoms with Crippen LogP contribution < -0.4 is 10.2 Å².